The quantitative estimate of drug-likeness (QED) is 0.520. The summed E-state index contributed by atoms with van der Waals surface area (Å²) in [5, 5.41) is 2.39. The van der Waals surface area contributed by atoms with Gasteiger partial charge in [0.25, 0.3) is 0 Å². The third-order valence-electron chi connectivity index (χ3n) is 1.04. The molecule has 0 aliphatic heterocycles. The number of rotatable bonds is 3. The van der Waals surface area contributed by atoms with E-state index in [1.807, 2.05) is 5.38 Å². The molecule has 0 unspecified atom stereocenters. The fraction of sp³-hybridized carbons (Fsp3) is 0.167. The van der Waals surface area contributed by atoms with Gasteiger partial charge < -0.3 is 11.5 Å². The molecule has 0 aliphatic rings. The highest BCUT2D eigenvalue weighted by molar-refractivity contribution is 7.13. The third-order valence-corrected chi connectivity index (χ3v) is 1.82. The fourth-order valence-corrected chi connectivity index (χ4v) is 1.34. The summed E-state index contributed by atoms with van der Waals surface area (Å²) in [4.78, 5) is 11.5. The highest BCUT2D eigenvalue weighted by atomic mass is 32.1. The molecule has 4 N–H and O–H groups in total. The Hall–Kier alpha value is -1.43. The number of guanidine groups is 1. The molecule has 1 rings (SSSR count). The summed E-state index contributed by atoms with van der Waals surface area (Å²) in [5.41, 5.74) is 11.2. The normalized spacial score (nSPS) is 9.33. The SMILES string of the molecule is C=NCc1csc(N=C(N)N)n1. The van der Waals surface area contributed by atoms with Gasteiger partial charge in [-0.25, -0.2) is 4.98 Å². The molecular weight excluding hydrogens is 174 g/mol. The van der Waals surface area contributed by atoms with E-state index in [0.29, 0.717) is 11.7 Å². The topological polar surface area (TPSA) is 89.6 Å². The second kappa shape index (κ2) is 3.82. The standard InChI is InChI=1S/C6H9N5S/c1-9-2-4-3-12-6(10-4)11-5(7)8/h3H,1-2H2,(H4,7,8,10,11). The zero-order valence-electron chi connectivity index (χ0n) is 6.40. The number of hydrogen-bond donors (Lipinski definition) is 2. The Bertz CT molecular complexity index is 299. The molecule has 0 aliphatic carbocycles. The minimum absolute atomic E-state index is 0.0162. The summed E-state index contributed by atoms with van der Waals surface area (Å²) in [5.74, 6) is 0.0162. The summed E-state index contributed by atoms with van der Waals surface area (Å²) in [6.07, 6.45) is 0. The van der Waals surface area contributed by atoms with Crippen LogP contribution < -0.4 is 11.5 Å². The first-order valence-electron chi connectivity index (χ1n) is 3.19. The van der Waals surface area contributed by atoms with Crippen molar-refractivity contribution in [1.82, 2.24) is 4.98 Å². The highest BCUT2D eigenvalue weighted by Gasteiger charge is 1.98. The lowest BCUT2D eigenvalue weighted by Gasteiger charge is -1.86. The molecule has 1 aromatic heterocycles. The van der Waals surface area contributed by atoms with Crippen molar-refractivity contribution in [3.63, 3.8) is 0 Å². The molecule has 0 fully saturated rings. The van der Waals surface area contributed by atoms with Crippen molar-refractivity contribution in [1.29, 1.82) is 0 Å². The van der Waals surface area contributed by atoms with E-state index in [1.165, 1.54) is 11.3 Å². The minimum atomic E-state index is 0.0162. The molecular formula is C6H9N5S. The van der Waals surface area contributed by atoms with Gasteiger partial charge in [0.05, 0.1) is 12.2 Å². The van der Waals surface area contributed by atoms with Gasteiger partial charge >= 0.3 is 0 Å². The van der Waals surface area contributed by atoms with Crippen molar-refractivity contribution < 1.29 is 0 Å². The summed E-state index contributed by atoms with van der Waals surface area (Å²) >= 11 is 1.37. The van der Waals surface area contributed by atoms with Crippen LogP contribution in [0.5, 0.6) is 0 Å². The van der Waals surface area contributed by atoms with Gasteiger partial charge in [-0.15, -0.1) is 11.3 Å². The summed E-state index contributed by atoms with van der Waals surface area (Å²) in [6.45, 7) is 3.85. The van der Waals surface area contributed by atoms with Gasteiger partial charge in [0.15, 0.2) is 5.96 Å². The van der Waals surface area contributed by atoms with Gasteiger partial charge in [0.1, 0.15) is 0 Å². The number of hydrogen-bond acceptors (Lipinski definition) is 4. The average Bonchev–Trinajstić information content (AvgIpc) is 2.36. The Morgan fingerprint density at radius 2 is 2.42 bits per heavy atom. The summed E-state index contributed by atoms with van der Waals surface area (Å²) in [6, 6.07) is 0. The van der Waals surface area contributed by atoms with Crippen LogP contribution in [0.1, 0.15) is 5.69 Å². The predicted molar refractivity (Wildman–Crippen MR) is 50.8 cm³/mol. The number of aliphatic imine (C=N–C) groups is 2. The summed E-state index contributed by atoms with van der Waals surface area (Å²) < 4.78 is 0. The monoisotopic (exact) mass is 183 g/mol. The van der Waals surface area contributed by atoms with Gasteiger partial charge in [-0.1, -0.05) is 0 Å². The van der Waals surface area contributed by atoms with Crippen LogP contribution in [0.25, 0.3) is 0 Å². The van der Waals surface area contributed by atoms with Crippen LogP contribution in [0.2, 0.25) is 0 Å². The van der Waals surface area contributed by atoms with E-state index in [-0.39, 0.29) is 5.96 Å². The number of aromatic nitrogens is 1. The molecule has 0 saturated carbocycles. The molecule has 0 aromatic carbocycles. The first kappa shape index (κ1) is 8.66. The van der Waals surface area contributed by atoms with Crippen LogP contribution in [-0.4, -0.2) is 17.7 Å². The van der Waals surface area contributed by atoms with Gasteiger partial charge in [0, 0.05) is 5.38 Å². The van der Waals surface area contributed by atoms with Crippen molar-refractivity contribution in [3.05, 3.63) is 11.1 Å². The maximum atomic E-state index is 5.17. The van der Waals surface area contributed by atoms with Crippen LogP contribution >= 0.6 is 11.3 Å². The molecule has 1 aromatic rings. The first-order valence-corrected chi connectivity index (χ1v) is 4.07. The van der Waals surface area contributed by atoms with E-state index in [2.05, 4.69) is 21.7 Å². The molecule has 0 spiro atoms. The molecule has 0 bridgehead atoms. The lowest BCUT2D eigenvalue weighted by Crippen LogP contribution is -2.21. The Labute approximate surface area is 73.9 Å². The Morgan fingerprint density at radius 3 is 3.00 bits per heavy atom. The van der Waals surface area contributed by atoms with E-state index in [4.69, 9.17) is 11.5 Å². The second-order valence-electron chi connectivity index (χ2n) is 2.04. The molecule has 0 amide bonds. The molecule has 12 heavy (non-hydrogen) atoms. The van der Waals surface area contributed by atoms with Crippen molar-refractivity contribution in [2.75, 3.05) is 0 Å². The first-order chi connectivity index (χ1) is 5.72. The summed E-state index contributed by atoms with van der Waals surface area (Å²) in [7, 11) is 0. The van der Waals surface area contributed by atoms with Gasteiger partial charge in [-0.3, -0.25) is 4.99 Å². The van der Waals surface area contributed by atoms with Crippen molar-refractivity contribution >= 4 is 29.1 Å². The predicted octanol–water partition coefficient (Wildman–Crippen LogP) is 0.249. The van der Waals surface area contributed by atoms with Crippen molar-refractivity contribution in [2.24, 2.45) is 21.5 Å². The zero-order chi connectivity index (χ0) is 8.97. The molecule has 0 saturated heterocycles. The average molecular weight is 183 g/mol. The maximum absolute atomic E-state index is 5.17. The minimum Gasteiger partial charge on any atom is -0.370 e. The molecule has 0 atom stereocenters. The van der Waals surface area contributed by atoms with Gasteiger partial charge in [-0.2, -0.15) is 4.99 Å². The lowest BCUT2D eigenvalue weighted by molar-refractivity contribution is 1.02. The van der Waals surface area contributed by atoms with E-state index in [9.17, 15) is 0 Å². The Morgan fingerprint density at radius 1 is 1.67 bits per heavy atom. The molecule has 5 nitrogen and oxygen atoms in total. The van der Waals surface area contributed by atoms with Crippen molar-refractivity contribution in [2.45, 2.75) is 6.54 Å². The third kappa shape index (κ3) is 2.31. The van der Waals surface area contributed by atoms with E-state index in [0.717, 1.165) is 5.69 Å². The second-order valence-corrected chi connectivity index (χ2v) is 2.88. The van der Waals surface area contributed by atoms with Gasteiger partial charge in [0.2, 0.25) is 5.13 Å². The molecule has 0 radical (unpaired) electrons. The zero-order valence-corrected chi connectivity index (χ0v) is 7.21. The molecule has 64 valence electrons. The van der Waals surface area contributed by atoms with E-state index < -0.39 is 0 Å². The molecule has 1 heterocycles. The van der Waals surface area contributed by atoms with Crippen LogP contribution in [0.4, 0.5) is 5.13 Å². The Balaban J connectivity index is 2.77. The van der Waals surface area contributed by atoms with Crippen LogP contribution in [0, 0.1) is 0 Å². The highest BCUT2D eigenvalue weighted by Crippen LogP contribution is 2.18. The smallest absolute Gasteiger partial charge is 0.212 e. The number of nitrogens with two attached hydrogens (primary N) is 2. The molecule has 6 heteroatoms. The van der Waals surface area contributed by atoms with Crippen LogP contribution in [-0.2, 0) is 6.54 Å². The van der Waals surface area contributed by atoms with Crippen LogP contribution in [0.3, 0.4) is 0 Å². The van der Waals surface area contributed by atoms with E-state index in [1.54, 1.807) is 0 Å². The number of thiazole rings is 1. The van der Waals surface area contributed by atoms with Crippen LogP contribution in [0.15, 0.2) is 15.4 Å². The fourth-order valence-electron chi connectivity index (χ4n) is 0.645. The maximum Gasteiger partial charge on any atom is 0.212 e. The van der Waals surface area contributed by atoms with Gasteiger partial charge in [-0.05, 0) is 6.72 Å². The Kier molecular flexibility index (Phi) is 2.76. The largest absolute Gasteiger partial charge is 0.370 e. The van der Waals surface area contributed by atoms with Crippen molar-refractivity contribution in [3.8, 4) is 0 Å². The lowest BCUT2D eigenvalue weighted by atomic mass is 10.5. The van der Waals surface area contributed by atoms with E-state index >= 15 is 0 Å². The number of nitrogens with zero attached hydrogens (tertiary/aromatic N) is 3.